The smallest absolute Gasteiger partial charge is 0.327 e. The summed E-state index contributed by atoms with van der Waals surface area (Å²) in [7, 11) is 0. The first-order valence-electron chi connectivity index (χ1n) is 8.27. The van der Waals surface area contributed by atoms with Gasteiger partial charge in [0.1, 0.15) is 18.1 Å². The van der Waals surface area contributed by atoms with Crippen LogP contribution >= 0.6 is 12.6 Å². The number of nitrogens with two attached hydrogens (primary N) is 1. The largest absolute Gasteiger partial charge is 0.480 e. The molecule has 156 valence electrons. The van der Waals surface area contributed by atoms with E-state index in [1.165, 1.54) is 19.4 Å². The Hall–Kier alpha value is -2.64. The van der Waals surface area contributed by atoms with E-state index in [1.807, 2.05) is 0 Å². The number of carbonyl (C=O) groups is 4. The van der Waals surface area contributed by atoms with Crippen LogP contribution in [0, 0.1) is 0 Å². The summed E-state index contributed by atoms with van der Waals surface area (Å²) in [5, 5.41) is 25.2. The van der Waals surface area contributed by atoms with Gasteiger partial charge in [0, 0.05) is 24.1 Å². The van der Waals surface area contributed by atoms with E-state index in [0.717, 1.165) is 0 Å². The molecular formula is C15H24N6O6S. The summed E-state index contributed by atoms with van der Waals surface area (Å²) in [6.45, 7) is 0.826. The van der Waals surface area contributed by atoms with E-state index in [4.69, 9.17) is 10.8 Å². The minimum Gasteiger partial charge on any atom is -0.480 e. The molecule has 0 bridgehead atoms. The highest BCUT2D eigenvalue weighted by molar-refractivity contribution is 7.80. The highest BCUT2D eigenvalue weighted by Crippen LogP contribution is 2.01. The molecule has 1 rings (SSSR count). The molecule has 0 saturated carbocycles. The van der Waals surface area contributed by atoms with Gasteiger partial charge in [0.15, 0.2) is 0 Å². The van der Waals surface area contributed by atoms with Gasteiger partial charge in [-0.1, -0.05) is 0 Å². The fourth-order valence-electron chi connectivity index (χ4n) is 2.03. The Labute approximate surface area is 166 Å². The molecule has 1 aromatic heterocycles. The number of hydrogen-bond donors (Lipinski definition) is 8. The molecule has 0 aromatic carbocycles. The van der Waals surface area contributed by atoms with Gasteiger partial charge in [-0.3, -0.25) is 14.4 Å². The number of carboxylic acids is 1. The van der Waals surface area contributed by atoms with Crippen molar-refractivity contribution in [2.45, 2.75) is 37.6 Å². The number of nitrogens with one attached hydrogen (secondary N) is 4. The molecule has 0 radical (unpaired) electrons. The van der Waals surface area contributed by atoms with E-state index in [2.05, 4.69) is 38.5 Å². The Bertz CT molecular complexity index is 683. The molecule has 0 fully saturated rings. The standard InChI is InChI=1S/C15H24N6O6S/c1-7(22)12(16)14(25)21-9(2-8-3-17-6-19-8)13(24)18-4-11(23)20-10(5-28)15(26)27/h3,6-7,9-10,12,22,28H,2,4-5,16H2,1H3,(H,17,19)(H,18,24)(H,20,23)(H,21,25)(H,26,27). The van der Waals surface area contributed by atoms with Gasteiger partial charge in [0.05, 0.1) is 19.0 Å². The normalized spacial score (nSPS) is 15.0. The lowest BCUT2D eigenvalue weighted by atomic mass is 10.1. The van der Waals surface area contributed by atoms with Crippen LogP contribution in [0.5, 0.6) is 0 Å². The van der Waals surface area contributed by atoms with Crippen molar-refractivity contribution < 1.29 is 29.4 Å². The van der Waals surface area contributed by atoms with E-state index >= 15 is 0 Å². The van der Waals surface area contributed by atoms with Crippen LogP contribution in [0.1, 0.15) is 12.6 Å². The lowest BCUT2D eigenvalue weighted by Gasteiger charge is -2.21. The van der Waals surface area contributed by atoms with Crippen molar-refractivity contribution in [3.63, 3.8) is 0 Å². The number of amides is 3. The number of nitrogens with zero attached hydrogens (tertiary/aromatic N) is 1. The molecule has 8 N–H and O–H groups in total. The van der Waals surface area contributed by atoms with Crippen molar-refractivity contribution in [2.24, 2.45) is 5.73 Å². The second-order valence-corrected chi connectivity index (χ2v) is 6.33. The molecule has 3 amide bonds. The molecule has 4 atom stereocenters. The van der Waals surface area contributed by atoms with Crippen LogP contribution in [-0.4, -0.2) is 80.4 Å². The molecular weight excluding hydrogens is 392 g/mol. The highest BCUT2D eigenvalue weighted by Gasteiger charge is 2.27. The summed E-state index contributed by atoms with van der Waals surface area (Å²) >= 11 is 3.82. The van der Waals surface area contributed by atoms with Crippen molar-refractivity contribution in [3.05, 3.63) is 18.2 Å². The Morgan fingerprint density at radius 1 is 1.25 bits per heavy atom. The van der Waals surface area contributed by atoms with E-state index in [0.29, 0.717) is 5.69 Å². The average molecular weight is 416 g/mol. The van der Waals surface area contributed by atoms with E-state index in [1.54, 1.807) is 0 Å². The molecule has 13 heteroatoms. The number of rotatable bonds is 11. The zero-order valence-corrected chi connectivity index (χ0v) is 16.0. The molecule has 1 heterocycles. The van der Waals surface area contributed by atoms with Crippen molar-refractivity contribution in [1.29, 1.82) is 0 Å². The number of hydrogen-bond acceptors (Lipinski definition) is 8. The van der Waals surface area contributed by atoms with Gasteiger partial charge in [0.25, 0.3) is 0 Å². The Balaban J connectivity index is 2.72. The highest BCUT2D eigenvalue weighted by atomic mass is 32.1. The number of thiol groups is 1. The van der Waals surface area contributed by atoms with Crippen molar-refractivity contribution in [2.75, 3.05) is 12.3 Å². The first-order valence-corrected chi connectivity index (χ1v) is 8.91. The summed E-state index contributed by atoms with van der Waals surface area (Å²) in [4.78, 5) is 53.8. The number of aliphatic carboxylic acids is 1. The lowest BCUT2D eigenvalue weighted by Crippen LogP contribution is -2.56. The summed E-state index contributed by atoms with van der Waals surface area (Å²) in [6.07, 6.45) is 1.75. The van der Waals surface area contributed by atoms with Gasteiger partial charge in [-0.05, 0) is 6.92 Å². The summed E-state index contributed by atoms with van der Waals surface area (Å²) < 4.78 is 0. The van der Waals surface area contributed by atoms with Gasteiger partial charge in [-0.15, -0.1) is 0 Å². The quantitative estimate of drug-likeness (QED) is 0.172. The van der Waals surface area contributed by atoms with Crippen LogP contribution in [0.25, 0.3) is 0 Å². The molecule has 0 aliphatic carbocycles. The van der Waals surface area contributed by atoms with E-state index in [-0.39, 0.29) is 12.2 Å². The second kappa shape index (κ2) is 11.3. The van der Waals surface area contributed by atoms with Crippen molar-refractivity contribution in [3.8, 4) is 0 Å². The fourth-order valence-corrected chi connectivity index (χ4v) is 2.28. The SMILES string of the molecule is CC(O)C(N)C(=O)NC(Cc1cnc[nH]1)C(=O)NCC(=O)NC(CS)C(=O)O. The number of aliphatic hydroxyl groups excluding tert-OH is 1. The van der Waals surface area contributed by atoms with Gasteiger partial charge in [-0.25, -0.2) is 9.78 Å². The molecule has 0 aliphatic rings. The van der Waals surface area contributed by atoms with Crippen LogP contribution in [0.15, 0.2) is 12.5 Å². The molecule has 28 heavy (non-hydrogen) atoms. The summed E-state index contributed by atoms with van der Waals surface area (Å²) in [6, 6.07) is -3.55. The number of aromatic nitrogens is 2. The van der Waals surface area contributed by atoms with Crippen LogP contribution in [0.2, 0.25) is 0 Å². The predicted octanol–water partition coefficient (Wildman–Crippen LogP) is -3.24. The van der Waals surface area contributed by atoms with Crippen molar-refractivity contribution in [1.82, 2.24) is 25.9 Å². The molecule has 0 saturated heterocycles. The molecule has 12 nitrogen and oxygen atoms in total. The zero-order valence-electron chi connectivity index (χ0n) is 15.1. The maximum atomic E-state index is 12.4. The third-order valence-electron chi connectivity index (χ3n) is 3.67. The van der Waals surface area contributed by atoms with Crippen LogP contribution in [0.3, 0.4) is 0 Å². The molecule has 0 spiro atoms. The molecule has 0 aliphatic heterocycles. The first-order chi connectivity index (χ1) is 13.1. The van der Waals surface area contributed by atoms with Gasteiger partial charge >= 0.3 is 5.97 Å². The number of carbonyl (C=O) groups excluding carboxylic acids is 3. The number of aliphatic hydroxyl groups is 1. The number of aromatic amines is 1. The Morgan fingerprint density at radius 2 is 1.93 bits per heavy atom. The third-order valence-corrected chi connectivity index (χ3v) is 4.04. The summed E-state index contributed by atoms with van der Waals surface area (Å²) in [5.41, 5.74) is 6.10. The Morgan fingerprint density at radius 3 is 2.43 bits per heavy atom. The third kappa shape index (κ3) is 7.54. The predicted molar refractivity (Wildman–Crippen MR) is 100 cm³/mol. The van der Waals surface area contributed by atoms with E-state index in [9.17, 15) is 24.3 Å². The maximum absolute atomic E-state index is 12.4. The molecule has 1 aromatic rings. The first kappa shape index (κ1) is 23.4. The van der Waals surface area contributed by atoms with Gasteiger partial charge in [0.2, 0.25) is 17.7 Å². The maximum Gasteiger partial charge on any atom is 0.327 e. The van der Waals surface area contributed by atoms with Crippen LogP contribution in [0.4, 0.5) is 0 Å². The summed E-state index contributed by atoms with van der Waals surface area (Å²) in [5.74, 6) is -3.56. The second-order valence-electron chi connectivity index (χ2n) is 5.97. The van der Waals surface area contributed by atoms with Crippen LogP contribution < -0.4 is 21.7 Å². The van der Waals surface area contributed by atoms with Gasteiger partial charge in [-0.2, -0.15) is 12.6 Å². The van der Waals surface area contributed by atoms with Crippen LogP contribution in [-0.2, 0) is 25.6 Å². The monoisotopic (exact) mass is 416 g/mol. The van der Waals surface area contributed by atoms with Gasteiger partial charge < -0.3 is 36.9 Å². The van der Waals surface area contributed by atoms with Crippen molar-refractivity contribution >= 4 is 36.3 Å². The zero-order chi connectivity index (χ0) is 21.3. The number of carboxylic acid groups (broad SMARTS) is 1. The number of imidazole rings is 1. The fraction of sp³-hybridized carbons (Fsp3) is 0.533. The molecule has 4 unspecified atom stereocenters. The average Bonchev–Trinajstić information content (AvgIpc) is 3.15. The number of H-pyrrole nitrogens is 1. The minimum absolute atomic E-state index is 0.0279. The Kier molecular flexibility index (Phi) is 9.41. The lowest BCUT2D eigenvalue weighted by molar-refractivity contribution is -0.141. The van der Waals surface area contributed by atoms with E-state index < -0.39 is 54.5 Å². The topological polar surface area (TPSA) is 200 Å². The minimum atomic E-state index is -1.26.